The van der Waals surface area contributed by atoms with Crippen LogP contribution in [-0.2, 0) is 16.4 Å². The molecule has 0 unspecified atom stereocenters. The van der Waals surface area contributed by atoms with E-state index in [9.17, 15) is 8.42 Å². The number of hydrogen-bond donors (Lipinski definition) is 1. The van der Waals surface area contributed by atoms with Gasteiger partial charge >= 0.3 is 0 Å². The van der Waals surface area contributed by atoms with E-state index in [0.29, 0.717) is 19.0 Å². The molecule has 0 saturated carbocycles. The summed E-state index contributed by atoms with van der Waals surface area (Å²) < 4.78 is 30.7. The largest absolute Gasteiger partial charge is 0.494 e. The van der Waals surface area contributed by atoms with Crippen molar-refractivity contribution >= 4 is 43.1 Å². The maximum atomic E-state index is 11.3. The van der Waals surface area contributed by atoms with Crippen molar-refractivity contribution in [2.24, 2.45) is 0 Å². The van der Waals surface area contributed by atoms with Gasteiger partial charge in [-0.25, -0.2) is 18.4 Å². The molecule has 0 spiro atoms. The summed E-state index contributed by atoms with van der Waals surface area (Å²) in [4.78, 5) is 11.0. The molecule has 0 saturated heterocycles. The number of fused-ring (bicyclic) bond motifs is 2. The SMILES string of the molecule is CN(CCCCOc1ccc2ncnc(Nc3ccc4c(cnn4Cc4ccccc4)c3)c2c1)CCS(C)(=O)=O. The Balaban J connectivity index is 1.21. The van der Waals surface area contributed by atoms with Gasteiger partial charge in [0.25, 0.3) is 0 Å². The predicted molar refractivity (Wildman–Crippen MR) is 160 cm³/mol. The van der Waals surface area contributed by atoms with Crippen LogP contribution in [-0.4, -0.2) is 71.8 Å². The first-order valence-corrected chi connectivity index (χ1v) is 15.4. The number of anilines is 2. The van der Waals surface area contributed by atoms with Crippen LogP contribution in [0.15, 0.2) is 79.3 Å². The third-order valence-corrected chi connectivity index (χ3v) is 7.66. The first kappa shape index (κ1) is 27.5. The Morgan fingerprint density at radius 1 is 0.975 bits per heavy atom. The Labute approximate surface area is 234 Å². The summed E-state index contributed by atoms with van der Waals surface area (Å²) in [5, 5.41) is 9.96. The molecule has 0 radical (unpaired) electrons. The third kappa shape index (κ3) is 7.34. The van der Waals surface area contributed by atoms with Gasteiger partial charge in [0.1, 0.15) is 27.7 Å². The van der Waals surface area contributed by atoms with E-state index in [0.717, 1.165) is 59.2 Å². The Kier molecular flexibility index (Phi) is 8.57. The zero-order chi connectivity index (χ0) is 28.0. The van der Waals surface area contributed by atoms with Crippen molar-refractivity contribution in [1.82, 2.24) is 24.6 Å². The number of ether oxygens (including phenoxy) is 1. The molecular formula is C30H34N6O3S. The molecule has 0 atom stereocenters. The zero-order valence-electron chi connectivity index (χ0n) is 22.8. The Bertz CT molecular complexity index is 1690. The van der Waals surface area contributed by atoms with Crippen molar-refractivity contribution in [1.29, 1.82) is 0 Å². The normalized spacial score (nSPS) is 11.9. The van der Waals surface area contributed by atoms with Crippen LogP contribution in [0.25, 0.3) is 21.8 Å². The van der Waals surface area contributed by atoms with Gasteiger partial charge in [-0.3, -0.25) is 4.68 Å². The summed E-state index contributed by atoms with van der Waals surface area (Å²) in [5.41, 5.74) is 4.02. The molecule has 208 valence electrons. The van der Waals surface area contributed by atoms with Crippen molar-refractivity contribution in [2.75, 3.05) is 44.1 Å². The van der Waals surface area contributed by atoms with Crippen molar-refractivity contribution < 1.29 is 13.2 Å². The first-order valence-electron chi connectivity index (χ1n) is 13.3. The monoisotopic (exact) mass is 558 g/mol. The molecule has 0 bridgehead atoms. The van der Waals surface area contributed by atoms with Gasteiger partial charge in [0, 0.05) is 29.3 Å². The van der Waals surface area contributed by atoms with Crippen LogP contribution >= 0.6 is 0 Å². The minimum absolute atomic E-state index is 0.182. The van der Waals surface area contributed by atoms with E-state index in [2.05, 4.69) is 44.6 Å². The molecule has 2 aromatic heterocycles. The average molecular weight is 559 g/mol. The maximum Gasteiger partial charge on any atom is 0.148 e. The number of benzene rings is 3. The molecule has 9 nitrogen and oxygen atoms in total. The molecule has 3 aromatic carbocycles. The molecule has 5 rings (SSSR count). The van der Waals surface area contributed by atoms with Crippen molar-refractivity contribution in [3.63, 3.8) is 0 Å². The molecule has 0 aliphatic heterocycles. The molecule has 2 heterocycles. The summed E-state index contributed by atoms with van der Waals surface area (Å²) in [6.45, 7) is 2.67. The van der Waals surface area contributed by atoms with E-state index in [-0.39, 0.29) is 5.75 Å². The number of rotatable bonds is 13. The lowest BCUT2D eigenvalue weighted by molar-refractivity contribution is 0.284. The highest BCUT2D eigenvalue weighted by atomic mass is 32.2. The number of sulfone groups is 1. The molecular weight excluding hydrogens is 524 g/mol. The van der Waals surface area contributed by atoms with E-state index in [1.54, 1.807) is 6.33 Å². The lowest BCUT2D eigenvalue weighted by atomic mass is 10.2. The van der Waals surface area contributed by atoms with Crippen molar-refractivity contribution in [3.8, 4) is 5.75 Å². The molecule has 0 amide bonds. The van der Waals surface area contributed by atoms with E-state index in [4.69, 9.17) is 4.74 Å². The van der Waals surface area contributed by atoms with Gasteiger partial charge in [-0.2, -0.15) is 5.10 Å². The van der Waals surface area contributed by atoms with Crippen LogP contribution in [0.4, 0.5) is 11.5 Å². The van der Waals surface area contributed by atoms with Gasteiger partial charge in [0.2, 0.25) is 0 Å². The smallest absolute Gasteiger partial charge is 0.148 e. The number of aromatic nitrogens is 4. The average Bonchev–Trinajstić information content (AvgIpc) is 3.34. The second-order valence-electron chi connectivity index (χ2n) is 10.1. The highest BCUT2D eigenvalue weighted by Crippen LogP contribution is 2.28. The molecule has 0 aliphatic carbocycles. The third-order valence-electron chi connectivity index (χ3n) is 6.73. The van der Waals surface area contributed by atoms with Gasteiger partial charge in [0.15, 0.2) is 0 Å². The Morgan fingerprint density at radius 3 is 2.65 bits per heavy atom. The maximum absolute atomic E-state index is 11.3. The number of hydrogen-bond acceptors (Lipinski definition) is 8. The fraction of sp³-hybridized carbons (Fsp3) is 0.300. The summed E-state index contributed by atoms with van der Waals surface area (Å²) in [7, 11) is -0.994. The van der Waals surface area contributed by atoms with Gasteiger partial charge in [-0.05, 0) is 68.4 Å². The second-order valence-corrected chi connectivity index (χ2v) is 12.3. The molecule has 40 heavy (non-hydrogen) atoms. The van der Waals surface area contributed by atoms with Crippen LogP contribution in [0.5, 0.6) is 5.75 Å². The van der Waals surface area contributed by atoms with E-state index < -0.39 is 9.84 Å². The van der Waals surface area contributed by atoms with Crippen molar-refractivity contribution in [3.05, 3.63) is 84.8 Å². The van der Waals surface area contributed by atoms with Gasteiger partial charge in [0.05, 0.1) is 36.1 Å². The number of nitrogens with one attached hydrogen (secondary N) is 1. The van der Waals surface area contributed by atoms with Crippen LogP contribution in [0, 0.1) is 0 Å². The molecule has 0 fully saturated rings. The summed E-state index contributed by atoms with van der Waals surface area (Å²) in [5.74, 6) is 1.65. The highest BCUT2D eigenvalue weighted by molar-refractivity contribution is 7.90. The van der Waals surface area contributed by atoms with Crippen LogP contribution in [0.1, 0.15) is 18.4 Å². The fourth-order valence-corrected chi connectivity index (χ4v) is 5.16. The summed E-state index contributed by atoms with van der Waals surface area (Å²) in [6.07, 6.45) is 6.51. The fourth-order valence-electron chi connectivity index (χ4n) is 4.52. The van der Waals surface area contributed by atoms with E-state index in [1.165, 1.54) is 11.8 Å². The highest BCUT2D eigenvalue weighted by Gasteiger charge is 2.10. The standard InChI is InChI=1S/C30H34N6O3S/c1-35(15-17-40(2,37)38)14-6-7-16-39-26-11-12-28-27(19-26)30(32-22-31-28)34-25-10-13-29-24(18-25)20-33-36(29)21-23-8-4-3-5-9-23/h3-5,8-13,18-20,22H,6-7,14-17,21H2,1-2H3,(H,31,32,34). The van der Waals surface area contributed by atoms with Gasteiger partial charge < -0.3 is 15.0 Å². The summed E-state index contributed by atoms with van der Waals surface area (Å²) in [6, 6.07) is 22.3. The van der Waals surface area contributed by atoms with Gasteiger partial charge in [-0.15, -0.1) is 0 Å². The van der Waals surface area contributed by atoms with Crippen molar-refractivity contribution in [2.45, 2.75) is 19.4 Å². The topological polar surface area (TPSA) is 102 Å². The van der Waals surface area contributed by atoms with Crippen LogP contribution in [0.2, 0.25) is 0 Å². The molecule has 0 aliphatic rings. The Morgan fingerprint density at radius 2 is 1.82 bits per heavy atom. The molecule has 5 aromatic rings. The minimum atomic E-state index is -2.94. The lowest BCUT2D eigenvalue weighted by Gasteiger charge is -2.16. The lowest BCUT2D eigenvalue weighted by Crippen LogP contribution is -2.26. The summed E-state index contributed by atoms with van der Waals surface area (Å²) >= 11 is 0. The predicted octanol–water partition coefficient (Wildman–Crippen LogP) is 4.91. The minimum Gasteiger partial charge on any atom is -0.494 e. The molecule has 1 N–H and O–H groups in total. The Hall–Kier alpha value is -4.02. The van der Waals surface area contributed by atoms with Crippen LogP contribution < -0.4 is 10.1 Å². The van der Waals surface area contributed by atoms with E-state index >= 15 is 0 Å². The second kappa shape index (κ2) is 12.4. The zero-order valence-corrected chi connectivity index (χ0v) is 23.6. The quantitative estimate of drug-likeness (QED) is 0.204. The van der Waals surface area contributed by atoms with Gasteiger partial charge in [-0.1, -0.05) is 30.3 Å². The first-order chi connectivity index (χ1) is 19.3. The number of nitrogens with zero attached hydrogens (tertiary/aromatic N) is 5. The van der Waals surface area contributed by atoms with E-state index in [1.807, 2.05) is 65.3 Å². The molecule has 10 heteroatoms. The number of unbranched alkanes of at least 4 members (excludes halogenated alkanes) is 1. The van der Waals surface area contributed by atoms with Crippen LogP contribution in [0.3, 0.4) is 0 Å².